The maximum absolute atomic E-state index is 13.1. The largest absolute Gasteiger partial charge is 0.334 e. The monoisotopic (exact) mass is 427 g/mol. The van der Waals surface area contributed by atoms with Crippen LogP contribution in [0.4, 0.5) is 10.5 Å². The van der Waals surface area contributed by atoms with Crippen molar-refractivity contribution >= 4 is 29.2 Å². The minimum Gasteiger partial charge on any atom is -0.334 e. The molecule has 1 N–H and O–H groups in total. The molecule has 0 unspecified atom stereocenters. The number of amides is 3. The van der Waals surface area contributed by atoms with Crippen molar-refractivity contribution in [2.75, 3.05) is 25.0 Å². The van der Waals surface area contributed by atoms with Gasteiger partial charge in [0.25, 0.3) is 0 Å². The summed E-state index contributed by atoms with van der Waals surface area (Å²) in [6, 6.07) is 15.0. The SMILES string of the molecule is CCCCCN(CC(=O)N1CCc2ccccc2[C@H]1C)C(=O)Nc1ccc(Cl)cc1. The van der Waals surface area contributed by atoms with Crippen molar-refractivity contribution in [2.45, 2.75) is 45.6 Å². The number of unbranched alkanes of at least 4 members (excludes halogenated alkanes) is 2. The molecule has 0 saturated carbocycles. The Labute approximate surface area is 184 Å². The lowest BCUT2D eigenvalue weighted by Gasteiger charge is -2.36. The average Bonchev–Trinajstić information content (AvgIpc) is 2.75. The number of rotatable bonds is 7. The van der Waals surface area contributed by atoms with Crippen molar-refractivity contribution in [1.82, 2.24) is 9.80 Å². The van der Waals surface area contributed by atoms with E-state index in [1.807, 2.05) is 17.0 Å². The van der Waals surface area contributed by atoms with E-state index in [-0.39, 0.29) is 24.5 Å². The van der Waals surface area contributed by atoms with Gasteiger partial charge in [0.2, 0.25) is 5.91 Å². The number of benzene rings is 2. The Hall–Kier alpha value is -2.53. The summed E-state index contributed by atoms with van der Waals surface area (Å²) in [4.78, 5) is 29.6. The summed E-state index contributed by atoms with van der Waals surface area (Å²) >= 11 is 5.93. The number of halogens is 1. The first kappa shape index (κ1) is 22.2. The molecule has 0 radical (unpaired) electrons. The number of nitrogens with zero attached hydrogens (tertiary/aromatic N) is 2. The summed E-state index contributed by atoms with van der Waals surface area (Å²) in [7, 11) is 0. The molecule has 30 heavy (non-hydrogen) atoms. The highest BCUT2D eigenvalue weighted by Gasteiger charge is 2.29. The zero-order valence-corrected chi connectivity index (χ0v) is 18.5. The predicted octanol–water partition coefficient (Wildman–Crippen LogP) is 5.51. The molecule has 160 valence electrons. The highest BCUT2D eigenvalue weighted by Crippen LogP contribution is 2.29. The normalized spacial score (nSPS) is 15.4. The van der Waals surface area contributed by atoms with Gasteiger partial charge < -0.3 is 15.1 Å². The Bertz CT molecular complexity index is 869. The fourth-order valence-corrected chi connectivity index (χ4v) is 4.03. The van der Waals surface area contributed by atoms with Crippen molar-refractivity contribution in [3.05, 3.63) is 64.7 Å². The lowest BCUT2D eigenvalue weighted by atomic mass is 9.93. The number of carbonyl (C=O) groups excluding carboxylic acids is 2. The Morgan fingerprint density at radius 1 is 1.13 bits per heavy atom. The van der Waals surface area contributed by atoms with Crippen LogP contribution in [0.25, 0.3) is 0 Å². The smallest absolute Gasteiger partial charge is 0.322 e. The van der Waals surface area contributed by atoms with Crippen LogP contribution in [0.15, 0.2) is 48.5 Å². The molecular weight excluding hydrogens is 398 g/mol. The molecule has 6 heteroatoms. The van der Waals surface area contributed by atoms with Gasteiger partial charge in [-0.3, -0.25) is 4.79 Å². The predicted molar refractivity (Wildman–Crippen MR) is 122 cm³/mol. The van der Waals surface area contributed by atoms with Crippen molar-refractivity contribution in [3.63, 3.8) is 0 Å². The average molecular weight is 428 g/mol. The summed E-state index contributed by atoms with van der Waals surface area (Å²) in [6.07, 6.45) is 3.79. The second-order valence-corrected chi connectivity index (χ2v) is 8.21. The van der Waals surface area contributed by atoms with E-state index in [2.05, 4.69) is 31.3 Å². The molecule has 5 nitrogen and oxygen atoms in total. The summed E-state index contributed by atoms with van der Waals surface area (Å²) in [5.41, 5.74) is 3.16. The van der Waals surface area contributed by atoms with Gasteiger partial charge >= 0.3 is 6.03 Å². The standard InChI is InChI=1S/C24H30ClN3O2/c1-3-4-7-15-27(24(30)26-21-12-10-20(25)11-13-21)17-23(29)28-16-14-19-8-5-6-9-22(19)18(28)2/h5-6,8-13,18H,3-4,7,14-17H2,1-2H3,(H,26,30)/t18-/m1/s1. The summed E-state index contributed by atoms with van der Waals surface area (Å²) in [5, 5.41) is 3.50. The zero-order chi connectivity index (χ0) is 21.5. The van der Waals surface area contributed by atoms with Crippen LogP contribution >= 0.6 is 11.6 Å². The first-order valence-corrected chi connectivity index (χ1v) is 11.1. The third-order valence-electron chi connectivity index (χ3n) is 5.66. The number of hydrogen-bond donors (Lipinski definition) is 1. The first-order valence-electron chi connectivity index (χ1n) is 10.7. The summed E-state index contributed by atoms with van der Waals surface area (Å²) in [6.45, 7) is 5.49. The van der Waals surface area contributed by atoms with Crippen molar-refractivity contribution < 1.29 is 9.59 Å². The van der Waals surface area contributed by atoms with Crippen molar-refractivity contribution in [1.29, 1.82) is 0 Å². The molecule has 1 atom stereocenters. The summed E-state index contributed by atoms with van der Waals surface area (Å²) in [5.74, 6) is -0.0141. The quantitative estimate of drug-likeness (QED) is 0.592. The summed E-state index contributed by atoms with van der Waals surface area (Å²) < 4.78 is 0. The van der Waals surface area contributed by atoms with Gasteiger partial charge in [-0.15, -0.1) is 0 Å². The van der Waals surface area contributed by atoms with E-state index >= 15 is 0 Å². The first-order chi connectivity index (χ1) is 14.5. The van der Waals surface area contributed by atoms with E-state index in [1.165, 1.54) is 11.1 Å². The van der Waals surface area contributed by atoms with E-state index in [0.717, 1.165) is 25.7 Å². The molecule has 3 rings (SSSR count). The molecule has 0 spiro atoms. The minimum absolute atomic E-state index is 0.0132. The minimum atomic E-state index is -0.258. The number of nitrogens with one attached hydrogen (secondary N) is 1. The molecule has 0 saturated heterocycles. The van der Waals surface area contributed by atoms with Crippen molar-refractivity contribution in [3.8, 4) is 0 Å². The third-order valence-corrected chi connectivity index (χ3v) is 5.91. The molecule has 0 bridgehead atoms. The van der Waals surface area contributed by atoms with Crippen LogP contribution in [0.5, 0.6) is 0 Å². The highest BCUT2D eigenvalue weighted by atomic mass is 35.5. The third kappa shape index (κ3) is 5.54. The van der Waals surface area contributed by atoms with E-state index < -0.39 is 0 Å². The molecule has 2 aromatic rings. The van der Waals surface area contributed by atoms with Gasteiger partial charge in [0, 0.05) is 23.8 Å². The van der Waals surface area contributed by atoms with Crippen LogP contribution in [-0.2, 0) is 11.2 Å². The van der Waals surface area contributed by atoms with Gasteiger partial charge in [-0.1, -0.05) is 55.6 Å². The van der Waals surface area contributed by atoms with Crippen molar-refractivity contribution in [2.24, 2.45) is 0 Å². The number of hydrogen-bond acceptors (Lipinski definition) is 2. The van der Waals surface area contributed by atoms with E-state index in [4.69, 9.17) is 11.6 Å². The van der Waals surface area contributed by atoms with E-state index in [9.17, 15) is 9.59 Å². The molecule has 0 fully saturated rings. The van der Waals surface area contributed by atoms with Crippen LogP contribution in [0.3, 0.4) is 0 Å². The molecule has 1 aliphatic rings. The van der Waals surface area contributed by atoms with E-state index in [1.54, 1.807) is 29.2 Å². The highest BCUT2D eigenvalue weighted by molar-refractivity contribution is 6.30. The lowest BCUT2D eigenvalue weighted by molar-refractivity contribution is -0.134. The van der Waals surface area contributed by atoms with Crippen LogP contribution in [-0.4, -0.2) is 41.4 Å². The molecule has 0 aliphatic carbocycles. The van der Waals surface area contributed by atoms with Gasteiger partial charge in [0.1, 0.15) is 6.54 Å². The van der Waals surface area contributed by atoms with E-state index in [0.29, 0.717) is 23.8 Å². The van der Waals surface area contributed by atoms with Gasteiger partial charge in [-0.05, 0) is 55.2 Å². The fourth-order valence-electron chi connectivity index (χ4n) is 3.91. The van der Waals surface area contributed by atoms with Gasteiger partial charge in [-0.2, -0.15) is 0 Å². The van der Waals surface area contributed by atoms with Crippen LogP contribution < -0.4 is 5.32 Å². The Morgan fingerprint density at radius 2 is 1.87 bits per heavy atom. The van der Waals surface area contributed by atoms with Crippen LogP contribution in [0.1, 0.15) is 50.3 Å². The number of carbonyl (C=O) groups is 2. The fraction of sp³-hybridized carbons (Fsp3) is 0.417. The Morgan fingerprint density at radius 3 is 2.60 bits per heavy atom. The molecule has 2 aromatic carbocycles. The second-order valence-electron chi connectivity index (χ2n) is 7.78. The topological polar surface area (TPSA) is 52.7 Å². The maximum Gasteiger partial charge on any atom is 0.322 e. The lowest BCUT2D eigenvalue weighted by Crippen LogP contribution is -2.47. The maximum atomic E-state index is 13.1. The van der Waals surface area contributed by atoms with Gasteiger partial charge in [-0.25, -0.2) is 4.79 Å². The van der Waals surface area contributed by atoms with Gasteiger partial charge in [0.05, 0.1) is 6.04 Å². The number of anilines is 1. The van der Waals surface area contributed by atoms with Crippen LogP contribution in [0.2, 0.25) is 5.02 Å². The number of urea groups is 1. The molecule has 3 amide bonds. The second kappa shape index (κ2) is 10.5. The Balaban J connectivity index is 1.68. The molecule has 0 aromatic heterocycles. The Kier molecular flexibility index (Phi) is 7.75. The number of fused-ring (bicyclic) bond motifs is 1. The van der Waals surface area contributed by atoms with Gasteiger partial charge in [0.15, 0.2) is 0 Å². The van der Waals surface area contributed by atoms with Crippen LogP contribution in [0, 0.1) is 0 Å². The molecule has 1 aliphatic heterocycles. The molecule has 1 heterocycles. The molecular formula is C24H30ClN3O2. The zero-order valence-electron chi connectivity index (χ0n) is 17.7.